The number of nitrogens with zero attached hydrogens (tertiary/aromatic N) is 1. The van der Waals surface area contributed by atoms with E-state index in [4.69, 9.17) is 4.74 Å². The monoisotopic (exact) mass is 201 g/mol. The Labute approximate surface area is 80.6 Å². The molecule has 2 saturated heterocycles. The number of rotatable bonds is 1. The van der Waals surface area contributed by atoms with E-state index in [2.05, 4.69) is 0 Å². The summed E-state index contributed by atoms with van der Waals surface area (Å²) in [5.74, 6) is -0.127. The first kappa shape index (κ1) is 8.87. The summed E-state index contributed by atoms with van der Waals surface area (Å²) in [5, 5.41) is 0.233. The lowest BCUT2D eigenvalue weighted by Crippen LogP contribution is -2.48. The fraction of sp³-hybridized carbons (Fsp3) is 0.750. The largest absolute Gasteiger partial charge is 0.446 e. The number of carbonyl (C=O) groups excluding carboxylic acids is 2. The fourth-order valence-corrected chi connectivity index (χ4v) is 3.21. The Hall–Kier alpha value is -0.710. The second-order valence-electron chi connectivity index (χ2n) is 3.53. The number of amides is 1. The van der Waals surface area contributed by atoms with E-state index < -0.39 is 4.93 Å². The van der Waals surface area contributed by atoms with E-state index >= 15 is 0 Å². The van der Waals surface area contributed by atoms with Gasteiger partial charge in [-0.25, -0.2) is 0 Å². The number of thioether (sulfide) groups is 1. The predicted octanol–water partition coefficient (Wildman–Crippen LogP) is 0.571. The lowest BCUT2D eigenvalue weighted by molar-refractivity contribution is -0.152. The van der Waals surface area contributed by atoms with Gasteiger partial charge < -0.3 is 9.64 Å². The van der Waals surface area contributed by atoms with E-state index in [0.29, 0.717) is 13.0 Å². The number of hydrogen-bond donors (Lipinski definition) is 0. The van der Waals surface area contributed by atoms with Crippen molar-refractivity contribution in [3.8, 4) is 0 Å². The minimum atomic E-state index is -0.525. The Bertz CT molecular complexity index is 281. The Morgan fingerprint density at radius 1 is 1.77 bits per heavy atom. The summed E-state index contributed by atoms with van der Waals surface area (Å²) in [7, 11) is 0. The van der Waals surface area contributed by atoms with Gasteiger partial charge in [-0.05, 0) is 6.92 Å². The normalized spacial score (nSPS) is 36.9. The topological polar surface area (TPSA) is 46.6 Å². The zero-order valence-electron chi connectivity index (χ0n) is 7.57. The standard InChI is InChI=1S/C8H11NO3S/c1-5(10)12-8(2)4-9-6(11)3-7(9)13-8/h7H,3-4H2,1-2H3/t7-,8?/m1/s1. The molecule has 0 aromatic rings. The molecule has 1 amide bonds. The fourth-order valence-electron chi connectivity index (χ4n) is 1.72. The molecule has 5 heteroatoms. The molecule has 72 valence electrons. The van der Waals surface area contributed by atoms with Crippen molar-refractivity contribution in [3.05, 3.63) is 0 Å². The Kier molecular flexibility index (Phi) is 1.80. The second-order valence-corrected chi connectivity index (χ2v) is 5.17. The van der Waals surface area contributed by atoms with Crippen molar-refractivity contribution in [2.75, 3.05) is 6.54 Å². The van der Waals surface area contributed by atoms with Crippen LogP contribution >= 0.6 is 11.8 Å². The Morgan fingerprint density at radius 3 is 2.92 bits per heavy atom. The van der Waals surface area contributed by atoms with Gasteiger partial charge in [0.2, 0.25) is 5.91 Å². The highest BCUT2D eigenvalue weighted by Gasteiger charge is 2.52. The van der Waals surface area contributed by atoms with Gasteiger partial charge in [0.15, 0.2) is 4.93 Å². The van der Waals surface area contributed by atoms with Gasteiger partial charge in [0.25, 0.3) is 0 Å². The molecule has 0 N–H and O–H groups in total. The highest BCUT2D eigenvalue weighted by Crippen LogP contribution is 2.46. The highest BCUT2D eigenvalue weighted by molar-refractivity contribution is 8.01. The van der Waals surface area contributed by atoms with Crippen molar-refractivity contribution in [3.63, 3.8) is 0 Å². The molecule has 0 aromatic heterocycles. The van der Waals surface area contributed by atoms with Gasteiger partial charge in [0.1, 0.15) is 0 Å². The lowest BCUT2D eigenvalue weighted by atomic mass is 10.2. The third-order valence-corrected chi connectivity index (χ3v) is 3.62. The molecule has 1 unspecified atom stereocenters. The second kappa shape index (κ2) is 2.64. The molecule has 0 spiro atoms. The molecule has 13 heavy (non-hydrogen) atoms. The first-order valence-corrected chi connectivity index (χ1v) is 5.05. The summed E-state index contributed by atoms with van der Waals surface area (Å²) < 4.78 is 5.16. The number of β-lactam (4-membered cyclic amide) rings is 1. The lowest BCUT2D eigenvalue weighted by Gasteiger charge is -2.32. The van der Waals surface area contributed by atoms with E-state index in [1.165, 1.54) is 6.92 Å². The Balaban J connectivity index is 2.03. The average molecular weight is 201 g/mol. The van der Waals surface area contributed by atoms with Crippen LogP contribution in [-0.2, 0) is 14.3 Å². The highest BCUT2D eigenvalue weighted by atomic mass is 32.2. The van der Waals surface area contributed by atoms with E-state index in [-0.39, 0.29) is 17.3 Å². The van der Waals surface area contributed by atoms with Crippen LogP contribution in [0.4, 0.5) is 0 Å². The van der Waals surface area contributed by atoms with Crippen LogP contribution in [0.5, 0.6) is 0 Å². The SMILES string of the molecule is CC(=O)OC1(C)CN2C(=O)C[C@H]2S1. The molecule has 2 heterocycles. The van der Waals surface area contributed by atoms with Crippen LogP contribution in [-0.4, -0.2) is 33.6 Å². The van der Waals surface area contributed by atoms with Crippen molar-refractivity contribution < 1.29 is 14.3 Å². The minimum Gasteiger partial charge on any atom is -0.446 e. The van der Waals surface area contributed by atoms with Crippen molar-refractivity contribution in [1.82, 2.24) is 4.90 Å². The van der Waals surface area contributed by atoms with Gasteiger partial charge in [0.05, 0.1) is 18.3 Å². The molecule has 2 rings (SSSR count). The molecule has 0 radical (unpaired) electrons. The molecular formula is C8H11NO3S. The average Bonchev–Trinajstić information content (AvgIpc) is 2.22. The third kappa shape index (κ3) is 1.41. The first-order valence-electron chi connectivity index (χ1n) is 4.17. The van der Waals surface area contributed by atoms with Gasteiger partial charge in [-0.15, -0.1) is 0 Å². The van der Waals surface area contributed by atoms with Crippen LogP contribution in [0.1, 0.15) is 20.3 Å². The molecule has 4 nitrogen and oxygen atoms in total. The smallest absolute Gasteiger partial charge is 0.304 e. The number of fused-ring (bicyclic) bond motifs is 1. The molecule has 0 aliphatic carbocycles. The maximum Gasteiger partial charge on any atom is 0.304 e. The van der Waals surface area contributed by atoms with Crippen molar-refractivity contribution in [2.24, 2.45) is 0 Å². The number of esters is 1. The van der Waals surface area contributed by atoms with Gasteiger partial charge >= 0.3 is 5.97 Å². The summed E-state index contributed by atoms with van der Waals surface area (Å²) in [5.41, 5.74) is 0. The van der Waals surface area contributed by atoms with E-state index in [0.717, 1.165) is 0 Å². The molecule has 2 atom stereocenters. The predicted molar refractivity (Wildman–Crippen MR) is 47.9 cm³/mol. The quantitative estimate of drug-likeness (QED) is 0.459. The summed E-state index contributed by atoms with van der Waals surface area (Å²) >= 11 is 1.56. The zero-order chi connectivity index (χ0) is 9.64. The van der Waals surface area contributed by atoms with Crippen molar-refractivity contribution in [1.29, 1.82) is 0 Å². The summed E-state index contributed by atoms with van der Waals surface area (Å²) in [6.07, 6.45) is 0.585. The molecule has 0 bridgehead atoms. The van der Waals surface area contributed by atoms with E-state index in [9.17, 15) is 9.59 Å². The van der Waals surface area contributed by atoms with Gasteiger partial charge in [-0.3, -0.25) is 9.59 Å². The first-order chi connectivity index (χ1) is 6.00. The van der Waals surface area contributed by atoms with Crippen LogP contribution in [0, 0.1) is 0 Å². The zero-order valence-corrected chi connectivity index (χ0v) is 8.39. The number of ether oxygens (including phenoxy) is 1. The third-order valence-electron chi connectivity index (χ3n) is 2.22. The molecular weight excluding hydrogens is 190 g/mol. The van der Waals surface area contributed by atoms with Gasteiger partial charge in [-0.2, -0.15) is 0 Å². The van der Waals surface area contributed by atoms with Crippen molar-refractivity contribution >= 4 is 23.6 Å². The van der Waals surface area contributed by atoms with Gasteiger partial charge in [-0.1, -0.05) is 11.8 Å². The van der Waals surface area contributed by atoms with Crippen LogP contribution in [0.25, 0.3) is 0 Å². The van der Waals surface area contributed by atoms with Crippen LogP contribution in [0.3, 0.4) is 0 Å². The summed E-state index contributed by atoms with van der Waals surface area (Å²) in [4.78, 5) is 23.1. The number of carbonyl (C=O) groups is 2. The summed E-state index contributed by atoms with van der Waals surface area (Å²) in [6, 6.07) is 0. The van der Waals surface area contributed by atoms with Gasteiger partial charge in [0, 0.05) is 6.92 Å². The molecule has 2 fully saturated rings. The van der Waals surface area contributed by atoms with Crippen LogP contribution in [0.2, 0.25) is 0 Å². The maximum atomic E-state index is 11.1. The number of hydrogen-bond acceptors (Lipinski definition) is 4. The molecule has 2 aliphatic heterocycles. The minimum absolute atomic E-state index is 0.161. The van der Waals surface area contributed by atoms with E-state index in [1.807, 2.05) is 6.92 Å². The Morgan fingerprint density at radius 2 is 2.46 bits per heavy atom. The maximum absolute atomic E-state index is 11.1. The van der Waals surface area contributed by atoms with E-state index in [1.54, 1.807) is 16.7 Å². The molecule has 2 aliphatic rings. The molecule has 0 saturated carbocycles. The van der Waals surface area contributed by atoms with Crippen LogP contribution < -0.4 is 0 Å². The summed E-state index contributed by atoms with van der Waals surface area (Å²) in [6.45, 7) is 3.77. The molecule has 0 aromatic carbocycles. The van der Waals surface area contributed by atoms with Crippen LogP contribution in [0.15, 0.2) is 0 Å². The van der Waals surface area contributed by atoms with Crippen molar-refractivity contribution in [2.45, 2.75) is 30.6 Å².